The van der Waals surface area contributed by atoms with Gasteiger partial charge in [0.25, 0.3) is 0 Å². The molecule has 0 spiro atoms. The van der Waals surface area contributed by atoms with E-state index >= 15 is 0 Å². The zero-order valence-corrected chi connectivity index (χ0v) is 45.6. The van der Waals surface area contributed by atoms with Crippen LogP contribution in [0.4, 0.5) is 0 Å². The number of hydrogen-bond donors (Lipinski definition) is 0. The van der Waals surface area contributed by atoms with Gasteiger partial charge in [-0.2, -0.15) is 0 Å². The van der Waals surface area contributed by atoms with Gasteiger partial charge in [0.15, 0.2) is 0 Å². The maximum Gasteiger partial charge on any atom is 5.00 e. The summed E-state index contributed by atoms with van der Waals surface area (Å²) in [5.74, 6) is 0. The van der Waals surface area contributed by atoms with E-state index in [0.717, 1.165) is 0 Å². The van der Waals surface area contributed by atoms with Crippen LogP contribution < -0.4 is 0 Å². The molecular weight excluding hydrogens is 1110 g/mol. The Morgan fingerprint density at radius 3 is 0.341 bits per heavy atom. The van der Waals surface area contributed by atoms with Gasteiger partial charge in [-0.15, -0.1) is 0 Å². The van der Waals surface area contributed by atoms with Crippen LogP contribution >= 0.6 is 201 Å². The molecule has 0 aliphatic rings. The summed E-state index contributed by atoms with van der Waals surface area (Å²) in [4.78, 5) is 0. The first-order valence-electron chi connectivity index (χ1n) is 10.8. The summed E-state index contributed by atoms with van der Waals surface area (Å²) >= 11 is 0. The third-order valence-corrected chi connectivity index (χ3v) is 2.73. The van der Waals surface area contributed by atoms with Gasteiger partial charge in [-0.25, -0.2) is 0 Å². The Bertz CT molecular complexity index is 737. The molecule has 2 aromatic carbocycles. The summed E-state index contributed by atoms with van der Waals surface area (Å²) in [5, 5.41) is 0. The first-order valence-corrected chi connectivity index (χ1v) is 45.7. The number of rotatable bonds is 0. The minimum Gasteiger partial charge on any atom is -0.391 e. The smallest absolute Gasteiger partial charge is 0.391 e. The molecule has 2 rings (SSSR count). The van der Waals surface area contributed by atoms with Crippen molar-refractivity contribution in [2.24, 2.45) is 0 Å². The van der Waals surface area contributed by atoms with Gasteiger partial charge >= 0.3 is 65.5 Å². The summed E-state index contributed by atoms with van der Waals surface area (Å²) in [6, 6.07) is 13.1. The largest absolute Gasteiger partial charge is 5.00 e. The standard InChI is InChI=1S/2C9H12.5Al.20ClH.V/c2*1-7-4-8(2)6-9(3)5-7;;;;;;;;;;;;;;;;;;;;;;;;;;/h2*4-6H,1-3H3;;;;;;20*1H;/q;;5*+3;;;;;;;;;;;;;;;;;;;;;+5/p-20. The first-order chi connectivity index (χ1) is 18.4. The summed E-state index contributed by atoms with van der Waals surface area (Å²) in [6.07, 6.45) is 0. The van der Waals surface area contributed by atoms with Crippen LogP contribution in [0.5, 0.6) is 0 Å². The molecule has 2 aromatic rings. The fourth-order valence-electron chi connectivity index (χ4n) is 2.40. The summed E-state index contributed by atoms with van der Waals surface area (Å²) in [6.45, 7) is 12.8. The van der Waals surface area contributed by atoms with E-state index in [1.807, 2.05) is 0 Å². The quantitative estimate of drug-likeness (QED) is 0.231. The van der Waals surface area contributed by atoms with Crippen LogP contribution in [-0.4, -0.2) is 47.0 Å². The molecule has 0 fully saturated rings. The first kappa shape index (κ1) is 63.4. The van der Waals surface area contributed by atoms with Crippen LogP contribution in [0, 0.1) is 41.5 Å². The van der Waals surface area contributed by atoms with Crippen LogP contribution in [0.25, 0.3) is 0 Å². The minimum atomic E-state index is -2.94. The van der Waals surface area contributed by atoms with E-state index in [1.54, 1.807) is 0 Å². The van der Waals surface area contributed by atoms with Crippen molar-refractivity contribution in [2.75, 3.05) is 0 Å². The fraction of sp³-hybridized carbons (Fsp3) is 0.333. The van der Waals surface area contributed by atoms with Gasteiger partial charge in [0.1, 0.15) is 0 Å². The van der Waals surface area contributed by atoms with Crippen molar-refractivity contribution in [3.63, 3.8) is 0 Å². The molecule has 0 atom stereocenters. The molecule has 0 aromatic heterocycles. The third kappa shape index (κ3) is 117. The van der Waals surface area contributed by atoms with E-state index < -0.39 is 47.0 Å². The zero-order valence-electron chi connectivity index (χ0n) is 23.4. The maximum atomic E-state index is 4.99. The number of benzene rings is 2. The molecule has 0 heterocycles. The molecule has 0 saturated carbocycles. The molecule has 0 amide bonds. The molecular formula is C18H24Al5Cl20V. The minimum absolute atomic E-state index is 0. The second-order valence-electron chi connectivity index (χ2n) is 7.80. The van der Waals surface area contributed by atoms with E-state index in [0.29, 0.717) is 0 Å². The molecule has 0 aliphatic carbocycles. The van der Waals surface area contributed by atoms with Crippen LogP contribution in [0.15, 0.2) is 36.4 Å². The van der Waals surface area contributed by atoms with Crippen molar-refractivity contribution < 1.29 is 18.6 Å². The molecule has 26 heteroatoms. The van der Waals surface area contributed by atoms with Crippen molar-refractivity contribution in [3.05, 3.63) is 69.8 Å². The Hall–Kier alpha value is 7.49. The monoisotopic (exact) mass is 1130 g/mol. The number of hydrogen-bond acceptors (Lipinski definition) is 0. The average molecular weight is 1140 g/mol. The van der Waals surface area contributed by atoms with Gasteiger partial charge in [0, 0.05) is 0 Å². The predicted octanol–water partition coefficient (Wildman–Crippen LogP) is 17.1. The van der Waals surface area contributed by atoms with Crippen LogP contribution in [0.3, 0.4) is 0 Å². The molecule has 0 radical (unpaired) electrons. The normalized spacial score (nSPS) is 10.8. The predicted molar refractivity (Wildman–Crippen MR) is 227 cm³/mol. The molecule has 0 saturated heterocycles. The average Bonchev–Trinajstić information content (AvgIpc) is 2.51. The van der Waals surface area contributed by atoms with Crippen molar-refractivity contribution in [1.82, 2.24) is 0 Å². The van der Waals surface area contributed by atoms with Crippen LogP contribution in [-0.2, 0) is 18.6 Å². The number of halogens is 20. The maximum absolute atomic E-state index is 4.99. The van der Waals surface area contributed by atoms with Crippen molar-refractivity contribution in [2.45, 2.75) is 41.5 Å². The Balaban J connectivity index is -0.0000000976. The number of aryl methyl sites for hydroxylation is 6. The van der Waals surface area contributed by atoms with Crippen molar-refractivity contribution in [1.29, 1.82) is 0 Å². The molecule has 0 unspecified atom stereocenters. The second kappa shape index (κ2) is 32.7. The van der Waals surface area contributed by atoms with Crippen molar-refractivity contribution in [3.8, 4) is 0 Å². The van der Waals surface area contributed by atoms with E-state index in [2.05, 4.69) is 77.9 Å². The van der Waals surface area contributed by atoms with Crippen molar-refractivity contribution >= 4 is 248 Å². The molecule has 0 aliphatic heterocycles. The molecule has 44 heavy (non-hydrogen) atoms. The topological polar surface area (TPSA) is 0 Å². The van der Waals surface area contributed by atoms with Crippen LogP contribution in [0.1, 0.15) is 33.4 Å². The van der Waals surface area contributed by atoms with E-state index in [4.69, 9.17) is 201 Å². The van der Waals surface area contributed by atoms with Gasteiger partial charge in [0.2, 0.25) is 0 Å². The second-order valence-corrected chi connectivity index (χ2v) is 72.1. The van der Waals surface area contributed by atoms with Gasteiger partial charge in [-0.05, 0) is 41.5 Å². The summed E-state index contributed by atoms with van der Waals surface area (Å²) in [5.41, 5.74) is 8.13. The van der Waals surface area contributed by atoms with E-state index in [1.165, 1.54) is 33.4 Å². The molecule has 0 N–H and O–H groups in total. The fourth-order valence-corrected chi connectivity index (χ4v) is 2.40. The summed E-state index contributed by atoms with van der Waals surface area (Å²) in [7, 11) is 85.1. The Morgan fingerprint density at radius 1 is 0.250 bits per heavy atom. The zero-order chi connectivity index (χ0) is 36.2. The van der Waals surface area contributed by atoms with Gasteiger partial charge < -0.3 is 201 Å². The Morgan fingerprint density at radius 2 is 0.295 bits per heavy atom. The molecule has 0 bridgehead atoms. The Kier molecular flexibility index (Phi) is 47.1. The van der Waals surface area contributed by atoms with E-state index in [9.17, 15) is 0 Å². The SMILES string of the molecule is Cc1cc(C)cc(C)c1.Cc1cc(C)cc(C)c1.[Cl][Al-]([Cl])([Cl])[Cl].[Cl][Al-]([Cl])([Cl])[Cl].[Cl][Al-]([Cl])([Cl])[Cl].[Cl][Al-]([Cl])([Cl])[Cl].[Cl][Al-]([Cl])([Cl])[Cl].[V+5]. The van der Waals surface area contributed by atoms with Gasteiger partial charge in [-0.3, -0.25) is 0 Å². The third-order valence-electron chi connectivity index (χ3n) is 2.73. The molecule has 256 valence electrons. The van der Waals surface area contributed by atoms with Gasteiger partial charge in [-0.1, -0.05) is 69.8 Å². The van der Waals surface area contributed by atoms with Gasteiger partial charge in [0.05, 0.1) is 0 Å². The summed E-state index contributed by atoms with van der Waals surface area (Å²) < 4.78 is 0. The van der Waals surface area contributed by atoms with Crippen LogP contribution in [0.2, 0.25) is 0 Å². The Labute approximate surface area is 370 Å². The van der Waals surface area contributed by atoms with E-state index in [-0.39, 0.29) is 18.6 Å². The molecule has 0 nitrogen and oxygen atoms in total.